The Morgan fingerprint density at radius 1 is 1.16 bits per heavy atom. The second-order valence-electron chi connectivity index (χ2n) is 4.12. The first-order valence-electron chi connectivity index (χ1n) is 5.92. The van der Waals surface area contributed by atoms with Crippen LogP contribution in [0.1, 0.15) is 5.56 Å². The molecule has 2 rings (SSSR count). The van der Waals surface area contributed by atoms with Crippen molar-refractivity contribution in [3.63, 3.8) is 0 Å². The smallest absolute Gasteiger partial charge is 0.296 e. The number of benzene rings is 2. The number of aromatic hydroxyl groups is 1. The minimum absolute atomic E-state index is 0.111. The molecule has 0 atom stereocenters. The molecule has 2 N–H and O–H groups in total. The highest BCUT2D eigenvalue weighted by atomic mass is 16.6. The van der Waals surface area contributed by atoms with Gasteiger partial charge in [-0.1, -0.05) is 30.3 Å². The van der Waals surface area contributed by atoms with Crippen LogP contribution in [0.5, 0.6) is 5.75 Å². The summed E-state index contributed by atoms with van der Waals surface area (Å²) in [6.45, 7) is 0.593. The van der Waals surface area contributed by atoms with Crippen LogP contribution in [0.25, 0.3) is 0 Å². The molecule has 98 valence electrons. The lowest BCUT2D eigenvalue weighted by Gasteiger charge is -2.07. The zero-order valence-corrected chi connectivity index (χ0v) is 10.2. The summed E-state index contributed by atoms with van der Waals surface area (Å²) < 4.78 is 0. The molecule has 0 aliphatic heterocycles. The third kappa shape index (κ3) is 3.45. The molecule has 0 aromatic heterocycles. The molecule has 0 saturated heterocycles. The fourth-order valence-corrected chi connectivity index (χ4v) is 1.81. The van der Waals surface area contributed by atoms with E-state index in [0.29, 0.717) is 12.2 Å². The minimum Gasteiger partial charge on any atom is -0.508 e. The van der Waals surface area contributed by atoms with Crippen molar-refractivity contribution in [2.45, 2.75) is 6.42 Å². The van der Waals surface area contributed by atoms with E-state index >= 15 is 0 Å². The molecule has 2 aromatic rings. The first kappa shape index (κ1) is 12.9. The molecule has 0 radical (unpaired) electrons. The number of hydrogen-bond donors (Lipinski definition) is 2. The van der Waals surface area contributed by atoms with Crippen LogP contribution in [-0.2, 0) is 6.42 Å². The van der Waals surface area contributed by atoms with Gasteiger partial charge in [-0.05, 0) is 24.1 Å². The first-order chi connectivity index (χ1) is 9.16. The van der Waals surface area contributed by atoms with Gasteiger partial charge in [0.2, 0.25) is 0 Å². The SMILES string of the molecule is O=[N+]([O-])c1cc(O)ccc1NCCc1ccccc1. The number of nitro benzene ring substituents is 1. The Hall–Kier alpha value is -2.56. The van der Waals surface area contributed by atoms with Crippen LogP contribution < -0.4 is 5.32 Å². The summed E-state index contributed by atoms with van der Waals surface area (Å²) in [6.07, 6.45) is 0.777. The zero-order chi connectivity index (χ0) is 13.7. The van der Waals surface area contributed by atoms with Crippen molar-refractivity contribution in [1.82, 2.24) is 0 Å². The van der Waals surface area contributed by atoms with Crippen LogP contribution in [0.2, 0.25) is 0 Å². The molecular formula is C14H14N2O3. The highest BCUT2D eigenvalue weighted by Crippen LogP contribution is 2.28. The summed E-state index contributed by atoms with van der Waals surface area (Å²) in [5.74, 6) is -0.111. The topological polar surface area (TPSA) is 75.4 Å². The van der Waals surface area contributed by atoms with Crippen LogP contribution in [0, 0.1) is 10.1 Å². The van der Waals surface area contributed by atoms with Gasteiger partial charge in [0.25, 0.3) is 5.69 Å². The van der Waals surface area contributed by atoms with Crippen LogP contribution in [-0.4, -0.2) is 16.6 Å². The summed E-state index contributed by atoms with van der Waals surface area (Å²) in [6, 6.07) is 14.0. The number of anilines is 1. The van der Waals surface area contributed by atoms with Crippen molar-refractivity contribution in [2.24, 2.45) is 0 Å². The molecular weight excluding hydrogens is 244 g/mol. The Morgan fingerprint density at radius 3 is 2.58 bits per heavy atom. The molecule has 0 amide bonds. The highest BCUT2D eigenvalue weighted by Gasteiger charge is 2.13. The molecule has 5 nitrogen and oxygen atoms in total. The third-order valence-electron chi connectivity index (χ3n) is 2.75. The normalized spacial score (nSPS) is 10.1. The largest absolute Gasteiger partial charge is 0.508 e. The van der Waals surface area contributed by atoms with Gasteiger partial charge in [0, 0.05) is 6.54 Å². The summed E-state index contributed by atoms with van der Waals surface area (Å²) in [7, 11) is 0. The van der Waals surface area contributed by atoms with E-state index in [1.165, 1.54) is 12.1 Å². The molecule has 0 aliphatic rings. The maximum absolute atomic E-state index is 10.9. The maximum atomic E-state index is 10.9. The predicted molar refractivity (Wildman–Crippen MR) is 73.4 cm³/mol. The zero-order valence-electron chi connectivity index (χ0n) is 10.2. The van der Waals surface area contributed by atoms with E-state index in [1.54, 1.807) is 0 Å². The fraction of sp³-hybridized carbons (Fsp3) is 0.143. The lowest BCUT2D eigenvalue weighted by atomic mass is 10.1. The van der Waals surface area contributed by atoms with Crippen molar-refractivity contribution in [3.8, 4) is 5.75 Å². The minimum atomic E-state index is -0.509. The van der Waals surface area contributed by atoms with E-state index in [2.05, 4.69) is 5.32 Å². The van der Waals surface area contributed by atoms with Crippen molar-refractivity contribution in [3.05, 3.63) is 64.2 Å². The van der Waals surface area contributed by atoms with Gasteiger partial charge in [0.05, 0.1) is 11.0 Å². The molecule has 0 fully saturated rings. The predicted octanol–water partition coefficient (Wildman–Crippen LogP) is 2.96. The van der Waals surface area contributed by atoms with E-state index < -0.39 is 4.92 Å². The number of phenolic OH excluding ortho intramolecular Hbond substituents is 1. The van der Waals surface area contributed by atoms with Gasteiger partial charge < -0.3 is 10.4 Å². The van der Waals surface area contributed by atoms with E-state index in [1.807, 2.05) is 30.3 Å². The molecule has 0 unspecified atom stereocenters. The van der Waals surface area contributed by atoms with E-state index in [9.17, 15) is 15.2 Å². The van der Waals surface area contributed by atoms with Crippen LogP contribution in [0.15, 0.2) is 48.5 Å². The molecule has 0 aliphatic carbocycles. The molecule has 19 heavy (non-hydrogen) atoms. The van der Waals surface area contributed by atoms with Crippen molar-refractivity contribution in [2.75, 3.05) is 11.9 Å². The Balaban J connectivity index is 2.02. The number of hydrogen-bond acceptors (Lipinski definition) is 4. The number of nitrogens with zero attached hydrogens (tertiary/aromatic N) is 1. The van der Waals surface area contributed by atoms with Crippen molar-refractivity contribution >= 4 is 11.4 Å². The average molecular weight is 258 g/mol. The Morgan fingerprint density at radius 2 is 1.89 bits per heavy atom. The van der Waals surface area contributed by atoms with Gasteiger partial charge in [-0.2, -0.15) is 0 Å². The van der Waals surface area contributed by atoms with Crippen LogP contribution in [0.4, 0.5) is 11.4 Å². The van der Waals surface area contributed by atoms with E-state index in [4.69, 9.17) is 0 Å². The van der Waals surface area contributed by atoms with Crippen LogP contribution in [0.3, 0.4) is 0 Å². The maximum Gasteiger partial charge on any atom is 0.296 e. The van der Waals surface area contributed by atoms with Gasteiger partial charge >= 0.3 is 0 Å². The average Bonchev–Trinajstić information content (AvgIpc) is 2.41. The molecule has 0 bridgehead atoms. The number of phenols is 1. The number of nitrogens with one attached hydrogen (secondary N) is 1. The summed E-state index contributed by atoms with van der Waals surface area (Å²) in [5.41, 5.74) is 1.46. The van der Waals surface area contributed by atoms with E-state index in [0.717, 1.165) is 18.1 Å². The van der Waals surface area contributed by atoms with Gasteiger partial charge in [-0.15, -0.1) is 0 Å². The molecule has 5 heteroatoms. The second kappa shape index (κ2) is 5.86. The monoisotopic (exact) mass is 258 g/mol. The quantitative estimate of drug-likeness (QED) is 0.491. The second-order valence-corrected chi connectivity index (χ2v) is 4.12. The van der Waals surface area contributed by atoms with Gasteiger partial charge in [-0.25, -0.2) is 0 Å². The first-order valence-corrected chi connectivity index (χ1v) is 5.92. The molecule has 0 spiro atoms. The Bertz CT molecular complexity index is 570. The van der Waals surface area contributed by atoms with E-state index in [-0.39, 0.29) is 11.4 Å². The molecule has 2 aromatic carbocycles. The van der Waals surface area contributed by atoms with Gasteiger partial charge in [-0.3, -0.25) is 10.1 Å². The third-order valence-corrected chi connectivity index (χ3v) is 2.75. The lowest BCUT2D eigenvalue weighted by Crippen LogP contribution is -2.06. The molecule has 0 saturated carbocycles. The van der Waals surface area contributed by atoms with Crippen molar-refractivity contribution in [1.29, 1.82) is 0 Å². The highest BCUT2D eigenvalue weighted by molar-refractivity contribution is 5.63. The standard InChI is InChI=1S/C14H14N2O3/c17-12-6-7-13(14(10-12)16(18)19)15-9-8-11-4-2-1-3-5-11/h1-7,10,15,17H,8-9H2. The summed E-state index contributed by atoms with van der Waals surface area (Å²) >= 11 is 0. The van der Waals surface area contributed by atoms with Crippen LogP contribution >= 0.6 is 0 Å². The Kier molecular flexibility index (Phi) is 3.97. The van der Waals surface area contributed by atoms with Gasteiger partial charge in [0.15, 0.2) is 0 Å². The number of nitro groups is 1. The summed E-state index contributed by atoms with van der Waals surface area (Å²) in [5, 5.41) is 23.1. The summed E-state index contributed by atoms with van der Waals surface area (Å²) in [4.78, 5) is 10.4. The lowest BCUT2D eigenvalue weighted by molar-refractivity contribution is -0.384. The molecule has 0 heterocycles. The number of rotatable bonds is 5. The fourth-order valence-electron chi connectivity index (χ4n) is 1.81. The van der Waals surface area contributed by atoms with Crippen molar-refractivity contribution < 1.29 is 10.0 Å². The Labute approximate surface area is 110 Å². The van der Waals surface area contributed by atoms with Gasteiger partial charge in [0.1, 0.15) is 11.4 Å².